The molecule has 0 bridgehead atoms. The zero-order chi connectivity index (χ0) is 13.8. The highest BCUT2D eigenvalue weighted by atomic mass is 16.6. The molecular formula is C15H18N2O2. The lowest BCUT2D eigenvalue weighted by Crippen LogP contribution is -2.18. The summed E-state index contributed by atoms with van der Waals surface area (Å²) in [6.07, 6.45) is 9.10. The minimum atomic E-state index is -0.341. The molecular weight excluding hydrogens is 240 g/mol. The predicted octanol–water partition coefficient (Wildman–Crippen LogP) is 3.83. The summed E-state index contributed by atoms with van der Waals surface area (Å²) in [7, 11) is 1.98. The Labute approximate surface area is 113 Å². The third-order valence-electron chi connectivity index (χ3n) is 3.44. The van der Waals surface area contributed by atoms with E-state index in [-0.39, 0.29) is 10.6 Å². The first-order valence-electron chi connectivity index (χ1n) is 6.50. The molecule has 100 valence electrons. The maximum absolute atomic E-state index is 10.9. The number of non-ortho nitro benzene ring substituents is 1. The number of aryl methyl sites for hydroxylation is 1. The summed E-state index contributed by atoms with van der Waals surface area (Å²) in [5, 5.41) is 10.9. The van der Waals surface area contributed by atoms with Crippen molar-refractivity contribution in [3.8, 4) is 0 Å². The molecule has 0 atom stereocenters. The molecule has 0 unspecified atom stereocenters. The first kappa shape index (κ1) is 13.3. The quantitative estimate of drug-likeness (QED) is 0.609. The number of nitro benzene ring substituents is 1. The summed E-state index contributed by atoms with van der Waals surface area (Å²) < 4.78 is 0. The van der Waals surface area contributed by atoms with Crippen LogP contribution in [0.4, 0.5) is 11.4 Å². The summed E-state index contributed by atoms with van der Waals surface area (Å²) >= 11 is 0. The van der Waals surface area contributed by atoms with Gasteiger partial charge in [-0.3, -0.25) is 10.1 Å². The second kappa shape index (κ2) is 5.69. The van der Waals surface area contributed by atoms with E-state index in [1.165, 1.54) is 5.70 Å². The van der Waals surface area contributed by atoms with Crippen molar-refractivity contribution >= 4 is 11.4 Å². The Morgan fingerprint density at radius 3 is 2.79 bits per heavy atom. The van der Waals surface area contributed by atoms with E-state index in [2.05, 4.69) is 24.0 Å². The standard InChI is InChI=1S/C15H18N2O2/c1-3-12-9-10-14(17(18)19)11-15(12)16(2)13-7-5-4-6-8-13/h4-5,7,9-11H,3,6,8H2,1-2H3. The van der Waals surface area contributed by atoms with Gasteiger partial charge in [0.05, 0.1) is 10.6 Å². The fourth-order valence-electron chi connectivity index (χ4n) is 2.30. The molecule has 0 heterocycles. The van der Waals surface area contributed by atoms with Crippen molar-refractivity contribution in [1.82, 2.24) is 0 Å². The summed E-state index contributed by atoms with van der Waals surface area (Å²) in [6, 6.07) is 5.09. The van der Waals surface area contributed by atoms with Gasteiger partial charge in [0.1, 0.15) is 0 Å². The van der Waals surface area contributed by atoms with Crippen LogP contribution in [0.1, 0.15) is 25.3 Å². The highest BCUT2D eigenvalue weighted by Crippen LogP contribution is 2.30. The van der Waals surface area contributed by atoms with Crippen LogP contribution in [-0.2, 0) is 6.42 Å². The third kappa shape index (κ3) is 2.84. The molecule has 1 aromatic carbocycles. The molecule has 4 nitrogen and oxygen atoms in total. The number of benzene rings is 1. The Bertz CT molecular complexity index is 547. The fraction of sp³-hybridized carbons (Fsp3) is 0.333. The predicted molar refractivity (Wildman–Crippen MR) is 77.3 cm³/mol. The van der Waals surface area contributed by atoms with E-state index < -0.39 is 0 Å². The van der Waals surface area contributed by atoms with E-state index in [1.54, 1.807) is 12.1 Å². The van der Waals surface area contributed by atoms with Crippen LogP contribution >= 0.6 is 0 Å². The molecule has 0 amide bonds. The molecule has 0 saturated heterocycles. The Morgan fingerprint density at radius 2 is 2.21 bits per heavy atom. The lowest BCUT2D eigenvalue weighted by Gasteiger charge is -2.25. The van der Waals surface area contributed by atoms with Gasteiger partial charge >= 0.3 is 0 Å². The highest BCUT2D eigenvalue weighted by molar-refractivity contribution is 5.62. The Morgan fingerprint density at radius 1 is 1.42 bits per heavy atom. The minimum Gasteiger partial charge on any atom is -0.348 e. The van der Waals surface area contributed by atoms with Crippen LogP contribution in [0.15, 0.2) is 42.1 Å². The molecule has 19 heavy (non-hydrogen) atoms. The minimum absolute atomic E-state index is 0.144. The number of hydrogen-bond acceptors (Lipinski definition) is 3. The van der Waals surface area contributed by atoms with Crippen LogP contribution in [0.3, 0.4) is 0 Å². The van der Waals surface area contributed by atoms with Gasteiger partial charge in [-0.05, 0) is 30.9 Å². The third-order valence-corrected chi connectivity index (χ3v) is 3.44. The van der Waals surface area contributed by atoms with Gasteiger partial charge in [-0.1, -0.05) is 25.1 Å². The number of anilines is 1. The highest BCUT2D eigenvalue weighted by Gasteiger charge is 2.15. The second-order valence-corrected chi connectivity index (χ2v) is 4.61. The summed E-state index contributed by atoms with van der Waals surface area (Å²) in [4.78, 5) is 12.6. The molecule has 1 aliphatic rings. The molecule has 0 fully saturated rings. The molecule has 0 aliphatic heterocycles. The SMILES string of the molecule is CCc1ccc([N+](=O)[O-])cc1N(C)C1=CC=CCC1. The van der Waals surface area contributed by atoms with E-state index in [9.17, 15) is 10.1 Å². The average Bonchev–Trinajstić information content (AvgIpc) is 2.46. The van der Waals surface area contributed by atoms with Gasteiger partial charge in [0.25, 0.3) is 5.69 Å². The molecule has 2 rings (SSSR count). The van der Waals surface area contributed by atoms with Crippen molar-refractivity contribution in [2.24, 2.45) is 0 Å². The smallest absolute Gasteiger partial charge is 0.271 e. The molecule has 0 radical (unpaired) electrons. The van der Waals surface area contributed by atoms with Crippen LogP contribution in [0.2, 0.25) is 0 Å². The summed E-state index contributed by atoms with van der Waals surface area (Å²) in [5.74, 6) is 0. The van der Waals surface area contributed by atoms with Crippen LogP contribution in [0, 0.1) is 10.1 Å². The van der Waals surface area contributed by atoms with Crippen molar-refractivity contribution in [3.05, 3.63) is 57.8 Å². The van der Waals surface area contributed by atoms with Gasteiger partial charge < -0.3 is 4.90 Å². The maximum atomic E-state index is 10.9. The van der Waals surface area contributed by atoms with Gasteiger partial charge in [-0.2, -0.15) is 0 Å². The van der Waals surface area contributed by atoms with E-state index in [0.29, 0.717) is 0 Å². The molecule has 0 spiro atoms. The number of nitrogens with zero attached hydrogens (tertiary/aromatic N) is 2. The van der Waals surface area contributed by atoms with Crippen LogP contribution in [-0.4, -0.2) is 12.0 Å². The number of rotatable bonds is 4. The van der Waals surface area contributed by atoms with Crippen molar-refractivity contribution < 1.29 is 4.92 Å². The van der Waals surface area contributed by atoms with Crippen molar-refractivity contribution in [1.29, 1.82) is 0 Å². The second-order valence-electron chi connectivity index (χ2n) is 4.61. The number of allylic oxidation sites excluding steroid dienone is 4. The fourth-order valence-corrected chi connectivity index (χ4v) is 2.30. The van der Waals surface area contributed by atoms with Gasteiger partial charge in [0.2, 0.25) is 0 Å². The van der Waals surface area contributed by atoms with Crippen molar-refractivity contribution in [2.75, 3.05) is 11.9 Å². The summed E-state index contributed by atoms with van der Waals surface area (Å²) in [6.45, 7) is 2.06. The largest absolute Gasteiger partial charge is 0.348 e. The van der Waals surface area contributed by atoms with Crippen LogP contribution < -0.4 is 4.90 Å². The summed E-state index contributed by atoms with van der Waals surface area (Å²) in [5.41, 5.74) is 3.39. The Kier molecular flexibility index (Phi) is 4.00. The van der Waals surface area contributed by atoms with Gasteiger partial charge in [0.15, 0.2) is 0 Å². The maximum Gasteiger partial charge on any atom is 0.271 e. The van der Waals surface area contributed by atoms with E-state index in [1.807, 2.05) is 19.2 Å². The molecule has 0 N–H and O–H groups in total. The normalized spacial score (nSPS) is 14.1. The van der Waals surface area contributed by atoms with E-state index >= 15 is 0 Å². The van der Waals surface area contributed by atoms with Gasteiger partial charge in [0, 0.05) is 24.9 Å². The van der Waals surface area contributed by atoms with E-state index in [0.717, 1.165) is 30.5 Å². The van der Waals surface area contributed by atoms with Gasteiger partial charge in [-0.25, -0.2) is 0 Å². The lowest BCUT2D eigenvalue weighted by atomic mass is 10.1. The zero-order valence-corrected chi connectivity index (χ0v) is 11.3. The van der Waals surface area contributed by atoms with Crippen molar-refractivity contribution in [3.63, 3.8) is 0 Å². The molecule has 0 saturated carbocycles. The van der Waals surface area contributed by atoms with E-state index in [4.69, 9.17) is 0 Å². The van der Waals surface area contributed by atoms with Gasteiger partial charge in [-0.15, -0.1) is 0 Å². The molecule has 1 aliphatic carbocycles. The average molecular weight is 258 g/mol. The first-order valence-corrected chi connectivity index (χ1v) is 6.50. The molecule has 0 aromatic heterocycles. The van der Waals surface area contributed by atoms with Crippen molar-refractivity contribution in [2.45, 2.75) is 26.2 Å². The van der Waals surface area contributed by atoms with Crippen LogP contribution in [0.5, 0.6) is 0 Å². The molecule has 1 aromatic rings. The first-order chi connectivity index (χ1) is 9.13. The monoisotopic (exact) mass is 258 g/mol. The molecule has 4 heteroatoms. The zero-order valence-electron chi connectivity index (χ0n) is 11.3. The van der Waals surface area contributed by atoms with Crippen LogP contribution in [0.25, 0.3) is 0 Å². The Balaban J connectivity index is 2.41. The lowest BCUT2D eigenvalue weighted by molar-refractivity contribution is -0.384. The Hall–Kier alpha value is -2.10. The number of nitro groups is 1. The number of hydrogen-bond donors (Lipinski definition) is 0. The topological polar surface area (TPSA) is 46.4 Å².